The highest BCUT2D eigenvalue weighted by Gasteiger charge is 2.31. The number of unbranched alkanes of at least 4 members (excludes halogenated alkanes) is 1. The number of aliphatic hydroxyl groups excluding tert-OH is 1. The number of amides is 1. The standard InChI is InChI=1S/C19H28N2O5/c1-2-3-10-20-13-16(22)15(12-14-7-5-4-6-8-14)21-19(24)26-17-9-11-25-18(17)23/h4-8,15-17,20,22H,2-3,9-13H2,1H3,(H,21,24)/t15?,16-,17+/m1/s1. The fourth-order valence-corrected chi connectivity index (χ4v) is 2.74. The monoisotopic (exact) mass is 364 g/mol. The van der Waals surface area contributed by atoms with Crippen LogP contribution < -0.4 is 10.6 Å². The zero-order chi connectivity index (χ0) is 18.8. The number of cyclic esters (lactones) is 1. The van der Waals surface area contributed by atoms with Gasteiger partial charge in [-0.2, -0.15) is 0 Å². The van der Waals surface area contributed by atoms with Gasteiger partial charge in [0.1, 0.15) is 0 Å². The van der Waals surface area contributed by atoms with Crippen molar-refractivity contribution in [2.45, 2.75) is 50.9 Å². The average Bonchev–Trinajstić information content (AvgIpc) is 3.03. The topological polar surface area (TPSA) is 96.9 Å². The minimum Gasteiger partial charge on any atom is -0.463 e. The lowest BCUT2D eigenvalue weighted by Gasteiger charge is -2.25. The molecule has 0 spiro atoms. The van der Waals surface area contributed by atoms with Crippen LogP contribution in [0.1, 0.15) is 31.7 Å². The van der Waals surface area contributed by atoms with Crippen molar-refractivity contribution in [2.24, 2.45) is 0 Å². The zero-order valence-electron chi connectivity index (χ0n) is 15.1. The highest BCUT2D eigenvalue weighted by Crippen LogP contribution is 2.12. The van der Waals surface area contributed by atoms with E-state index in [1.807, 2.05) is 30.3 Å². The van der Waals surface area contributed by atoms with Crippen molar-refractivity contribution in [1.29, 1.82) is 0 Å². The maximum Gasteiger partial charge on any atom is 0.408 e. The van der Waals surface area contributed by atoms with Gasteiger partial charge in [0.15, 0.2) is 0 Å². The third-order valence-corrected chi connectivity index (χ3v) is 4.26. The Hall–Kier alpha value is -2.12. The van der Waals surface area contributed by atoms with Crippen molar-refractivity contribution in [3.8, 4) is 0 Å². The van der Waals surface area contributed by atoms with Crippen molar-refractivity contribution in [3.05, 3.63) is 35.9 Å². The summed E-state index contributed by atoms with van der Waals surface area (Å²) in [4.78, 5) is 23.6. The molecule has 3 atom stereocenters. The number of aliphatic hydroxyl groups is 1. The van der Waals surface area contributed by atoms with Crippen molar-refractivity contribution < 1.29 is 24.2 Å². The number of rotatable bonds is 10. The molecule has 26 heavy (non-hydrogen) atoms. The van der Waals surface area contributed by atoms with Gasteiger partial charge >= 0.3 is 12.1 Å². The Morgan fingerprint density at radius 2 is 2.15 bits per heavy atom. The van der Waals surface area contributed by atoms with Crippen molar-refractivity contribution in [3.63, 3.8) is 0 Å². The summed E-state index contributed by atoms with van der Waals surface area (Å²) in [5.41, 5.74) is 0.991. The smallest absolute Gasteiger partial charge is 0.408 e. The number of benzene rings is 1. The van der Waals surface area contributed by atoms with Crippen LogP contribution in [-0.2, 0) is 20.7 Å². The summed E-state index contributed by atoms with van der Waals surface area (Å²) in [5, 5.41) is 16.4. The molecule has 1 fully saturated rings. The quantitative estimate of drug-likeness (QED) is 0.429. The Bertz CT molecular complexity index is 566. The number of carbonyl (C=O) groups is 2. The number of alkyl carbamates (subject to hydrolysis) is 1. The van der Waals surface area contributed by atoms with Crippen LogP contribution in [0.3, 0.4) is 0 Å². The van der Waals surface area contributed by atoms with Crippen LogP contribution in [0.4, 0.5) is 4.79 Å². The minimum atomic E-state index is -0.868. The molecule has 3 N–H and O–H groups in total. The largest absolute Gasteiger partial charge is 0.463 e. The molecule has 7 heteroatoms. The molecule has 144 valence electrons. The summed E-state index contributed by atoms with van der Waals surface area (Å²) >= 11 is 0. The van der Waals surface area contributed by atoms with Gasteiger partial charge in [-0.25, -0.2) is 9.59 Å². The van der Waals surface area contributed by atoms with E-state index < -0.39 is 30.3 Å². The lowest BCUT2D eigenvalue weighted by molar-refractivity contribution is -0.144. The Kier molecular flexibility index (Phi) is 8.37. The van der Waals surface area contributed by atoms with Crippen molar-refractivity contribution >= 4 is 12.1 Å². The summed E-state index contributed by atoms with van der Waals surface area (Å²) < 4.78 is 9.92. The van der Waals surface area contributed by atoms with Crippen molar-refractivity contribution in [1.82, 2.24) is 10.6 Å². The molecule has 0 saturated carbocycles. The second-order valence-corrected chi connectivity index (χ2v) is 6.42. The summed E-state index contributed by atoms with van der Waals surface area (Å²) in [6, 6.07) is 9.07. The number of carbonyl (C=O) groups excluding carboxylic acids is 2. The van der Waals surface area contributed by atoms with Gasteiger partial charge in [-0.05, 0) is 24.9 Å². The van der Waals surface area contributed by atoms with E-state index in [1.165, 1.54) is 0 Å². The van der Waals surface area contributed by atoms with E-state index in [1.54, 1.807) is 0 Å². The summed E-state index contributed by atoms with van der Waals surface area (Å²) in [7, 11) is 0. The highest BCUT2D eigenvalue weighted by molar-refractivity contribution is 5.80. The Balaban J connectivity index is 1.92. The first-order valence-electron chi connectivity index (χ1n) is 9.16. The molecule has 0 aromatic heterocycles. The first kappa shape index (κ1) is 20.2. The molecule has 0 aliphatic carbocycles. The Labute approximate surface area is 154 Å². The highest BCUT2D eigenvalue weighted by atomic mass is 16.6. The third-order valence-electron chi connectivity index (χ3n) is 4.26. The van der Waals surface area contributed by atoms with Crippen LogP contribution in [0, 0.1) is 0 Å². The molecule has 1 saturated heterocycles. The fourth-order valence-electron chi connectivity index (χ4n) is 2.74. The molecule has 1 amide bonds. The van der Waals surface area contributed by atoms with Gasteiger partial charge in [0, 0.05) is 13.0 Å². The van der Waals surface area contributed by atoms with Crippen LogP contribution in [0.25, 0.3) is 0 Å². The van der Waals surface area contributed by atoms with Crippen LogP contribution in [0.15, 0.2) is 30.3 Å². The summed E-state index contributed by atoms with van der Waals surface area (Å²) in [6.07, 6.45) is 0.538. The molecule has 0 radical (unpaired) electrons. The predicted molar refractivity (Wildman–Crippen MR) is 96.7 cm³/mol. The SMILES string of the molecule is CCCCNC[C@@H](O)C(Cc1ccccc1)NC(=O)O[C@H]1CCOC1=O. The first-order chi connectivity index (χ1) is 12.6. The van der Waals surface area contributed by atoms with Gasteiger partial charge in [-0.1, -0.05) is 43.7 Å². The molecule has 1 aromatic carbocycles. The number of nitrogens with one attached hydrogen (secondary N) is 2. The predicted octanol–water partition coefficient (Wildman–Crippen LogP) is 1.39. The molecule has 1 heterocycles. The number of hydrogen-bond donors (Lipinski definition) is 3. The van der Waals surface area contributed by atoms with Gasteiger partial charge in [-0.3, -0.25) is 0 Å². The van der Waals surface area contributed by atoms with Crippen molar-refractivity contribution in [2.75, 3.05) is 19.7 Å². The summed E-state index contributed by atoms with van der Waals surface area (Å²) in [6.45, 7) is 3.53. The van der Waals surface area contributed by atoms with Gasteiger partial charge in [0.25, 0.3) is 0 Å². The maximum atomic E-state index is 12.2. The average molecular weight is 364 g/mol. The number of ether oxygens (including phenoxy) is 2. The zero-order valence-corrected chi connectivity index (χ0v) is 15.1. The Morgan fingerprint density at radius 1 is 1.38 bits per heavy atom. The first-order valence-corrected chi connectivity index (χ1v) is 9.16. The molecule has 7 nitrogen and oxygen atoms in total. The lowest BCUT2D eigenvalue weighted by atomic mass is 10.0. The van der Waals surface area contributed by atoms with E-state index in [4.69, 9.17) is 9.47 Å². The van der Waals surface area contributed by atoms with E-state index in [9.17, 15) is 14.7 Å². The molecule has 1 aliphatic rings. The molecule has 1 aromatic rings. The van der Waals surface area contributed by atoms with Crippen LogP contribution in [-0.4, -0.2) is 55.1 Å². The minimum absolute atomic E-state index is 0.258. The maximum absolute atomic E-state index is 12.2. The van der Waals surface area contributed by atoms with Crippen LogP contribution in [0.5, 0.6) is 0 Å². The molecule has 1 aliphatic heterocycles. The molecule has 2 rings (SSSR count). The van der Waals surface area contributed by atoms with E-state index in [0.29, 0.717) is 19.4 Å². The molecule has 0 bridgehead atoms. The second-order valence-electron chi connectivity index (χ2n) is 6.42. The fraction of sp³-hybridized carbons (Fsp3) is 0.579. The normalized spacial score (nSPS) is 18.8. The van der Waals surface area contributed by atoms with E-state index in [-0.39, 0.29) is 6.61 Å². The van der Waals surface area contributed by atoms with E-state index >= 15 is 0 Å². The molecular weight excluding hydrogens is 336 g/mol. The van der Waals surface area contributed by atoms with Gasteiger partial charge in [-0.15, -0.1) is 0 Å². The molecule has 1 unspecified atom stereocenters. The summed E-state index contributed by atoms with van der Waals surface area (Å²) in [5.74, 6) is -0.526. The number of hydrogen-bond acceptors (Lipinski definition) is 6. The van der Waals surface area contributed by atoms with E-state index in [0.717, 1.165) is 24.9 Å². The van der Waals surface area contributed by atoms with Gasteiger partial charge in [0.2, 0.25) is 6.10 Å². The second kappa shape index (κ2) is 10.8. The van der Waals surface area contributed by atoms with Crippen LogP contribution in [0.2, 0.25) is 0 Å². The van der Waals surface area contributed by atoms with E-state index in [2.05, 4.69) is 17.6 Å². The lowest BCUT2D eigenvalue weighted by Crippen LogP contribution is -2.49. The number of esters is 1. The Morgan fingerprint density at radius 3 is 2.81 bits per heavy atom. The van der Waals surface area contributed by atoms with Gasteiger partial charge in [0.05, 0.1) is 18.8 Å². The molecular formula is C19H28N2O5. The van der Waals surface area contributed by atoms with Crippen LogP contribution >= 0.6 is 0 Å². The third kappa shape index (κ3) is 6.65. The van der Waals surface area contributed by atoms with Gasteiger partial charge < -0.3 is 25.2 Å².